The smallest absolute Gasteiger partial charge is 0.157 e. The Morgan fingerprint density at radius 1 is 0.524 bits per heavy atom. The van der Waals surface area contributed by atoms with Crippen LogP contribution >= 0.6 is 0 Å². The molecule has 0 bridgehead atoms. The first-order chi connectivity index (χ1) is 31.0. The van der Waals surface area contributed by atoms with Crippen LogP contribution in [0.5, 0.6) is 0 Å². The molecule has 0 aliphatic carbocycles. The summed E-state index contributed by atoms with van der Waals surface area (Å²) in [4.78, 5) is 0. The largest absolute Gasteiger partial charge is 0.396 e. The van der Waals surface area contributed by atoms with Crippen molar-refractivity contribution < 1.29 is 14.6 Å². The Bertz CT molecular complexity index is 2720. The Labute approximate surface area is 371 Å². The van der Waals surface area contributed by atoms with E-state index in [1.807, 2.05) is 24.3 Å². The van der Waals surface area contributed by atoms with E-state index in [1.54, 1.807) is 0 Å². The van der Waals surface area contributed by atoms with Gasteiger partial charge in [-0.15, -0.1) is 20.4 Å². The molecule has 7 heteroatoms. The molecule has 8 aromatic rings. The van der Waals surface area contributed by atoms with Crippen LogP contribution in [0.25, 0.3) is 45.0 Å². The van der Waals surface area contributed by atoms with Gasteiger partial charge in [0.15, 0.2) is 6.29 Å². The molecule has 0 saturated carbocycles. The molecule has 3 heterocycles. The lowest BCUT2D eigenvalue weighted by atomic mass is 9.96. The normalized spacial score (nSPS) is 13.3. The molecule has 0 radical (unpaired) electrons. The molecular weight excluding hydrogens is 777 g/mol. The van der Waals surface area contributed by atoms with E-state index in [9.17, 15) is 5.11 Å². The van der Waals surface area contributed by atoms with Gasteiger partial charge in [0.2, 0.25) is 0 Å². The van der Waals surface area contributed by atoms with E-state index in [4.69, 9.17) is 14.6 Å². The molecule has 1 saturated heterocycles. The zero-order chi connectivity index (χ0) is 43.2. The van der Waals surface area contributed by atoms with Crippen molar-refractivity contribution in [1.82, 2.24) is 20.4 Å². The number of benzene rings is 6. The Morgan fingerprint density at radius 2 is 1.02 bits per heavy atom. The molecule has 6 aromatic carbocycles. The number of hydrogen-bond acceptors (Lipinski definition) is 7. The predicted molar refractivity (Wildman–Crippen MR) is 253 cm³/mol. The Balaban J connectivity index is 0.000000175. The lowest BCUT2D eigenvalue weighted by molar-refractivity contribution is -0.109. The summed E-state index contributed by atoms with van der Waals surface area (Å²) in [6, 6.07) is 58.7. The number of aliphatic hydroxyl groups excluding tert-OH is 1. The van der Waals surface area contributed by atoms with Crippen LogP contribution in [0.3, 0.4) is 0 Å². The monoisotopic (exact) mass is 830 g/mol. The van der Waals surface area contributed by atoms with Crippen molar-refractivity contribution in [2.75, 3.05) is 19.8 Å². The van der Waals surface area contributed by atoms with Crippen molar-refractivity contribution >= 4 is 0 Å². The topological polar surface area (TPSA) is 90.3 Å². The highest BCUT2D eigenvalue weighted by atomic mass is 16.7. The lowest BCUT2D eigenvalue weighted by Crippen LogP contribution is -2.13. The van der Waals surface area contributed by atoms with E-state index in [-0.39, 0.29) is 12.9 Å². The summed E-state index contributed by atoms with van der Waals surface area (Å²) in [5.74, 6) is 0. The van der Waals surface area contributed by atoms with E-state index >= 15 is 0 Å². The second-order valence-corrected chi connectivity index (χ2v) is 16.1. The van der Waals surface area contributed by atoms with Gasteiger partial charge in [0, 0.05) is 41.9 Å². The Hall–Kier alpha value is -6.64. The highest BCUT2D eigenvalue weighted by molar-refractivity contribution is 5.71. The van der Waals surface area contributed by atoms with E-state index < -0.39 is 0 Å². The third-order valence-electron chi connectivity index (χ3n) is 11.3. The van der Waals surface area contributed by atoms with Crippen molar-refractivity contribution in [2.24, 2.45) is 0 Å². The first kappa shape index (κ1) is 43.0. The maximum atomic E-state index is 9.61. The minimum absolute atomic E-state index is 0.0790. The number of aliphatic hydroxyl groups is 1. The fourth-order valence-electron chi connectivity index (χ4n) is 8.16. The molecule has 63 heavy (non-hydrogen) atoms. The second kappa shape index (κ2) is 21.4. The quantitative estimate of drug-likeness (QED) is 0.117. The van der Waals surface area contributed by atoms with E-state index in [0.717, 1.165) is 94.9 Å². The van der Waals surface area contributed by atoms with Gasteiger partial charge in [0.1, 0.15) is 0 Å². The highest BCUT2D eigenvalue weighted by Gasteiger charge is 2.18. The fraction of sp³-hybridized carbons (Fsp3) is 0.214. The zero-order valence-electron chi connectivity index (χ0n) is 36.2. The van der Waals surface area contributed by atoms with Crippen molar-refractivity contribution in [3.8, 4) is 45.0 Å². The number of rotatable bonds is 14. The summed E-state index contributed by atoms with van der Waals surface area (Å²) in [7, 11) is 0. The molecule has 1 aliphatic rings. The maximum Gasteiger partial charge on any atom is 0.157 e. The van der Waals surface area contributed by atoms with Gasteiger partial charge in [-0.05, 0) is 104 Å². The molecule has 316 valence electrons. The molecule has 1 unspecified atom stereocenters. The average molecular weight is 831 g/mol. The predicted octanol–water partition coefficient (Wildman–Crippen LogP) is 11.7. The standard InChI is InChI=1S/C30H30N2O2.C26H24N2O/c1-22-9-7-13-25(19-22)30-26(16-18-34-29-15-8-17-33-29)21-28(31-32-30)27-14-6-5-12-24(27)20-23-10-3-2-4-11-23;1-19-8-7-12-22(16-19)26-23(14-15-29)18-25(27-28-26)24-13-6-5-11-21(24)17-20-9-3-2-4-10-20/h2-7,9-14,19,21,29H,8,15-18,20H2,1H3;2-13,16,18,29H,14-15,17H2,1H3. The van der Waals surface area contributed by atoms with Gasteiger partial charge in [0.05, 0.1) is 29.4 Å². The van der Waals surface area contributed by atoms with E-state index in [1.165, 1.54) is 33.4 Å². The SMILES string of the molecule is Cc1cccc(-c2nnc(-c3ccccc3Cc3ccccc3)cc2CCO)c1.Cc1cccc(-c2nnc(-c3ccccc3Cc3ccccc3)cc2CCOC2CCCO2)c1. The van der Waals surface area contributed by atoms with Crippen molar-refractivity contribution in [3.63, 3.8) is 0 Å². The first-order valence-electron chi connectivity index (χ1n) is 22.0. The van der Waals surface area contributed by atoms with Gasteiger partial charge in [-0.25, -0.2) is 0 Å². The Morgan fingerprint density at radius 3 is 1.49 bits per heavy atom. The van der Waals surface area contributed by atoms with Gasteiger partial charge in [-0.1, -0.05) is 157 Å². The molecule has 1 fully saturated rings. The van der Waals surface area contributed by atoms with Crippen LogP contribution in [0.1, 0.15) is 57.3 Å². The van der Waals surface area contributed by atoms with Crippen LogP contribution < -0.4 is 0 Å². The fourth-order valence-corrected chi connectivity index (χ4v) is 8.16. The molecular formula is C56H54N4O3. The zero-order valence-corrected chi connectivity index (χ0v) is 36.2. The van der Waals surface area contributed by atoms with Crippen LogP contribution in [0, 0.1) is 13.8 Å². The van der Waals surface area contributed by atoms with Crippen molar-refractivity contribution in [1.29, 1.82) is 0 Å². The summed E-state index contributed by atoms with van der Waals surface area (Å²) in [5.41, 5.74) is 17.4. The van der Waals surface area contributed by atoms with Crippen LogP contribution in [-0.4, -0.2) is 51.6 Å². The lowest BCUT2D eigenvalue weighted by Gasteiger charge is -2.15. The molecule has 1 atom stereocenters. The second-order valence-electron chi connectivity index (χ2n) is 16.1. The molecule has 0 amide bonds. The minimum atomic E-state index is -0.0803. The summed E-state index contributed by atoms with van der Waals surface area (Å²) in [6.45, 7) is 5.64. The molecule has 1 N–H and O–H groups in total. The number of nitrogens with zero attached hydrogens (tertiary/aromatic N) is 4. The summed E-state index contributed by atoms with van der Waals surface area (Å²) in [6.07, 6.45) is 4.96. The van der Waals surface area contributed by atoms with Crippen LogP contribution in [-0.2, 0) is 35.2 Å². The van der Waals surface area contributed by atoms with Crippen molar-refractivity contribution in [2.45, 2.75) is 58.7 Å². The Kier molecular flexibility index (Phi) is 14.6. The summed E-state index contributed by atoms with van der Waals surface area (Å²) >= 11 is 0. The van der Waals surface area contributed by atoms with Gasteiger partial charge in [0.25, 0.3) is 0 Å². The highest BCUT2D eigenvalue weighted by Crippen LogP contribution is 2.31. The van der Waals surface area contributed by atoms with Crippen LogP contribution in [0.2, 0.25) is 0 Å². The van der Waals surface area contributed by atoms with Crippen LogP contribution in [0.4, 0.5) is 0 Å². The van der Waals surface area contributed by atoms with Gasteiger partial charge >= 0.3 is 0 Å². The molecule has 7 nitrogen and oxygen atoms in total. The third-order valence-corrected chi connectivity index (χ3v) is 11.3. The third kappa shape index (κ3) is 11.4. The summed E-state index contributed by atoms with van der Waals surface area (Å²) < 4.78 is 11.6. The number of aryl methyl sites for hydroxylation is 2. The number of aromatic nitrogens is 4. The van der Waals surface area contributed by atoms with E-state index in [2.05, 4.69) is 175 Å². The molecule has 0 spiro atoms. The molecule has 1 aliphatic heterocycles. The average Bonchev–Trinajstić information content (AvgIpc) is 3.84. The van der Waals surface area contributed by atoms with Gasteiger partial charge in [-0.2, -0.15) is 0 Å². The van der Waals surface area contributed by atoms with E-state index in [0.29, 0.717) is 13.0 Å². The first-order valence-corrected chi connectivity index (χ1v) is 22.0. The maximum absolute atomic E-state index is 9.61. The van der Waals surface area contributed by atoms with Gasteiger partial charge < -0.3 is 14.6 Å². The number of hydrogen-bond donors (Lipinski definition) is 1. The van der Waals surface area contributed by atoms with Crippen LogP contribution in [0.15, 0.2) is 170 Å². The molecule has 2 aromatic heterocycles. The summed E-state index contributed by atoms with van der Waals surface area (Å²) in [5, 5.41) is 28.2. The molecule has 9 rings (SSSR count). The number of ether oxygens (including phenoxy) is 2. The van der Waals surface area contributed by atoms with Gasteiger partial charge in [-0.3, -0.25) is 0 Å². The van der Waals surface area contributed by atoms with Crippen molar-refractivity contribution in [3.05, 3.63) is 214 Å². The minimum Gasteiger partial charge on any atom is -0.396 e.